The molecule has 1 aromatic carbocycles. The quantitative estimate of drug-likeness (QED) is 0.842. The van der Waals surface area contributed by atoms with Crippen LogP contribution in [0.2, 0.25) is 0 Å². The van der Waals surface area contributed by atoms with Crippen LogP contribution in [-0.4, -0.2) is 16.7 Å². The Kier molecular flexibility index (Phi) is 3.98. The number of hydrogen-bond donors (Lipinski definition) is 2. The molecule has 0 aliphatic heterocycles. The van der Waals surface area contributed by atoms with Crippen LogP contribution in [0.15, 0.2) is 36.5 Å². The number of Topliss-reactive ketones (excluding diaryl/α,β-unsaturated/α-hetero) is 1. The van der Waals surface area contributed by atoms with Gasteiger partial charge >= 0.3 is 0 Å². The van der Waals surface area contributed by atoms with Gasteiger partial charge in [-0.15, -0.1) is 0 Å². The normalized spacial score (nSPS) is 11.9. The van der Waals surface area contributed by atoms with Gasteiger partial charge in [0.25, 0.3) is 5.91 Å². The lowest BCUT2D eigenvalue weighted by atomic mass is 10.1. The van der Waals surface area contributed by atoms with E-state index in [9.17, 15) is 14.0 Å². The predicted molar refractivity (Wildman–Crippen MR) is 73.1 cm³/mol. The number of carbonyl (C=O) groups is 2. The number of ketones is 1. The molecule has 1 atom stereocenters. The molecule has 0 spiro atoms. The molecule has 0 bridgehead atoms. The first-order chi connectivity index (χ1) is 9.47. The smallest absolute Gasteiger partial charge is 0.268 e. The Hall–Kier alpha value is -2.43. The van der Waals surface area contributed by atoms with Crippen LogP contribution < -0.4 is 5.32 Å². The zero-order chi connectivity index (χ0) is 14.7. The molecule has 0 saturated carbocycles. The van der Waals surface area contributed by atoms with Crippen molar-refractivity contribution in [1.82, 2.24) is 10.3 Å². The summed E-state index contributed by atoms with van der Waals surface area (Å²) in [7, 11) is 0. The van der Waals surface area contributed by atoms with Crippen LogP contribution in [0.1, 0.15) is 46.3 Å². The first-order valence-corrected chi connectivity index (χ1v) is 6.23. The average Bonchev–Trinajstić information content (AvgIpc) is 2.89. The zero-order valence-corrected chi connectivity index (χ0v) is 11.2. The van der Waals surface area contributed by atoms with Crippen molar-refractivity contribution in [2.75, 3.05) is 0 Å². The van der Waals surface area contributed by atoms with Crippen molar-refractivity contribution >= 4 is 11.7 Å². The van der Waals surface area contributed by atoms with Gasteiger partial charge in [-0.05, 0) is 37.6 Å². The Bertz CT molecular complexity index is 632. The summed E-state index contributed by atoms with van der Waals surface area (Å²) in [5.74, 6) is -0.732. The Morgan fingerprint density at radius 1 is 1.25 bits per heavy atom. The molecule has 104 valence electrons. The van der Waals surface area contributed by atoms with Crippen LogP contribution in [0.5, 0.6) is 0 Å². The van der Waals surface area contributed by atoms with Crippen molar-refractivity contribution in [2.45, 2.75) is 19.9 Å². The zero-order valence-electron chi connectivity index (χ0n) is 11.2. The minimum atomic E-state index is -0.317. The van der Waals surface area contributed by atoms with Gasteiger partial charge in [0.2, 0.25) is 0 Å². The lowest BCUT2D eigenvalue weighted by molar-refractivity contribution is 0.0935. The van der Waals surface area contributed by atoms with E-state index in [-0.39, 0.29) is 23.5 Å². The second-order valence-electron chi connectivity index (χ2n) is 4.60. The van der Waals surface area contributed by atoms with Crippen LogP contribution in [0, 0.1) is 5.82 Å². The predicted octanol–water partition coefficient (Wildman–Crippen LogP) is 2.85. The van der Waals surface area contributed by atoms with Gasteiger partial charge in [-0.3, -0.25) is 9.59 Å². The third-order valence-electron chi connectivity index (χ3n) is 3.05. The molecule has 2 aromatic rings. The van der Waals surface area contributed by atoms with E-state index in [1.54, 1.807) is 19.1 Å². The maximum Gasteiger partial charge on any atom is 0.268 e. The molecular formula is C15H15FN2O2. The Balaban J connectivity index is 2.06. The molecule has 1 aromatic heterocycles. The van der Waals surface area contributed by atoms with Gasteiger partial charge in [0.15, 0.2) is 5.78 Å². The summed E-state index contributed by atoms with van der Waals surface area (Å²) in [4.78, 5) is 25.9. The van der Waals surface area contributed by atoms with E-state index in [1.807, 2.05) is 0 Å². The highest BCUT2D eigenvalue weighted by Gasteiger charge is 2.14. The summed E-state index contributed by atoms with van der Waals surface area (Å²) >= 11 is 0. The molecule has 1 heterocycles. The van der Waals surface area contributed by atoms with Crippen molar-refractivity contribution in [1.29, 1.82) is 0 Å². The lowest BCUT2D eigenvalue weighted by Gasteiger charge is -2.13. The van der Waals surface area contributed by atoms with Crippen LogP contribution in [0.3, 0.4) is 0 Å². The highest BCUT2D eigenvalue weighted by molar-refractivity contribution is 5.99. The van der Waals surface area contributed by atoms with E-state index in [2.05, 4.69) is 10.3 Å². The van der Waals surface area contributed by atoms with Crippen molar-refractivity contribution in [3.63, 3.8) is 0 Å². The number of aromatic amines is 1. The molecule has 2 rings (SSSR count). The maximum atomic E-state index is 12.8. The summed E-state index contributed by atoms with van der Waals surface area (Å²) in [5.41, 5.74) is 1.59. The lowest BCUT2D eigenvalue weighted by Crippen LogP contribution is -2.26. The summed E-state index contributed by atoms with van der Waals surface area (Å²) in [6.45, 7) is 3.24. The van der Waals surface area contributed by atoms with Crippen molar-refractivity contribution in [3.05, 3.63) is 59.2 Å². The minimum absolute atomic E-state index is 0.105. The number of halogens is 1. The van der Waals surface area contributed by atoms with Crippen LogP contribution in [0.25, 0.3) is 0 Å². The molecule has 20 heavy (non-hydrogen) atoms. The van der Waals surface area contributed by atoms with Gasteiger partial charge < -0.3 is 10.3 Å². The Morgan fingerprint density at radius 3 is 2.45 bits per heavy atom. The molecule has 1 amide bonds. The monoisotopic (exact) mass is 274 g/mol. The van der Waals surface area contributed by atoms with Crippen molar-refractivity contribution < 1.29 is 14.0 Å². The number of benzene rings is 1. The third kappa shape index (κ3) is 3.12. The largest absolute Gasteiger partial charge is 0.356 e. The van der Waals surface area contributed by atoms with E-state index in [0.717, 1.165) is 5.56 Å². The van der Waals surface area contributed by atoms with E-state index in [0.29, 0.717) is 11.3 Å². The number of hydrogen-bond acceptors (Lipinski definition) is 2. The van der Waals surface area contributed by atoms with Gasteiger partial charge in [0.05, 0.1) is 6.04 Å². The molecule has 0 unspecified atom stereocenters. The van der Waals surface area contributed by atoms with Crippen LogP contribution in [0.4, 0.5) is 4.39 Å². The summed E-state index contributed by atoms with van der Waals surface area (Å²) < 4.78 is 12.8. The highest BCUT2D eigenvalue weighted by atomic mass is 19.1. The molecule has 0 aliphatic rings. The van der Waals surface area contributed by atoms with Gasteiger partial charge in [0, 0.05) is 11.8 Å². The van der Waals surface area contributed by atoms with E-state index >= 15 is 0 Å². The fourth-order valence-corrected chi connectivity index (χ4v) is 1.84. The average molecular weight is 274 g/mol. The summed E-state index contributed by atoms with van der Waals surface area (Å²) in [6, 6.07) is 7.19. The molecule has 2 N–H and O–H groups in total. The van der Waals surface area contributed by atoms with Crippen LogP contribution in [-0.2, 0) is 0 Å². The summed E-state index contributed by atoms with van der Waals surface area (Å²) in [6.07, 6.45) is 1.50. The van der Waals surface area contributed by atoms with Crippen molar-refractivity contribution in [3.8, 4) is 0 Å². The number of aromatic nitrogens is 1. The summed E-state index contributed by atoms with van der Waals surface area (Å²) in [5, 5.41) is 2.78. The second-order valence-corrected chi connectivity index (χ2v) is 4.60. The Morgan fingerprint density at radius 2 is 1.90 bits per heavy atom. The first kappa shape index (κ1) is 14.0. The van der Waals surface area contributed by atoms with Gasteiger partial charge in [-0.25, -0.2) is 4.39 Å². The first-order valence-electron chi connectivity index (χ1n) is 6.23. The molecule has 4 nitrogen and oxygen atoms in total. The maximum absolute atomic E-state index is 12.8. The topological polar surface area (TPSA) is 62.0 Å². The van der Waals surface area contributed by atoms with Gasteiger partial charge in [-0.1, -0.05) is 12.1 Å². The van der Waals surface area contributed by atoms with E-state index in [1.165, 1.54) is 31.3 Å². The molecule has 0 fully saturated rings. The SMILES string of the molecule is CC(=O)c1c[nH]c(C(=O)N[C@@H](C)c2ccc(F)cc2)c1. The molecule has 5 heteroatoms. The van der Waals surface area contributed by atoms with Crippen molar-refractivity contribution in [2.24, 2.45) is 0 Å². The molecule has 0 radical (unpaired) electrons. The number of amides is 1. The van der Waals surface area contributed by atoms with Crippen LogP contribution >= 0.6 is 0 Å². The molecular weight excluding hydrogens is 259 g/mol. The highest BCUT2D eigenvalue weighted by Crippen LogP contribution is 2.14. The fourth-order valence-electron chi connectivity index (χ4n) is 1.84. The number of nitrogens with one attached hydrogen (secondary N) is 2. The van der Waals surface area contributed by atoms with Gasteiger partial charge in [-0.2, -0.15) is 0 Å². The Labute approximate surface area is 116 Å². The van der Waals surface area contributed by atoms with Gasteiger partial charge in [0.1, 0.15) is 11.5 Å². The third-order valence-corrected chi connectivity index (χ3v) is 3.05. The van der Waals surface area contributed by atoms with E-state index in [4.69, 9.17) is 0 Å². The number of rotatable bonds is 4. The molecule has 0 saturated heterocycles. The second kappa shape index (κ2) is 5.69. The fraction of sp³-hybridized carbons (Fsp3) is 0.200. The minimum Gasteiger partial charge on any atom is -0.356 e. The number of H-pyrrole nitrogens is 1. The standard InChI is InChI=1S/C15H15FN2O2/c1-9(11-3-5-13(16)6-4-11)18-15(20)14-7-12(8-17-14)10(2)19/h3-9,17H,1-2H3,(H,18,20)/t9-/m0/s1. The van der Waals surface area contributed by atoms with E-state index < -0.39 is 0 Å². The number of carbonyl (C=O) groups excluding carboxylic acids is 2. The molecule has 0 aliphatic carbocycles.